The van der Waals surface area contributed by atoms with Crippen molar-refractivity contribution in [3.8, 4) is 11.8 Å². The normalized spacial score (nSPS) is 18.3. The Hall–Kier alpha value is -3.72. The maximum atomic E-state index is 11.9. The predicted octanol–water partition coefficient (Wildman–Crippen LogP) is 3.66. The van der Waals surface area contributed by atoms with E-state index < -0.39 is 17.8 Å². The van der Waals surface area contributed by atoms with Crippen molar-refractivity contribution in [3.05, 3.63) is 71.5 Å². The zero-order valence-corrected chi connectivity index (χ0v) is 14.5. The Morgan fingerprint density at radius 2 is 2.15 bits per heavy atom. The lowest BCUT2D eigenvalue weighted by Crippen LogP contribution is -2.31. The first-order valence-corrected chi connectivity index (χ1v) is 8.35. The van der Waals surface area contributed by atoms with E-state index in [2.05, 4.69) is 11.1 Å². The molecule has 2 aromatic carbocycles. The predicted molar refractivity (Wildman–Crippen MR) is 98.8 cm³/mol. The monoisotopic (exact) mass is 357 g/mol. The maximum Gasteiger partial charge on any atom is 0.337 e. The van der Waals surface area contributed by atoms with Crippen LogP contribution in [0.25, 0.3) is 10.8 Å². The summed E-state index contributed by atoms with van der Waals surface area (Å²) >= 11 is 0. The highest BCUT2D eigenvalue weighted by atomic mass is 16.5. The number of hydrogen-bond donors (Lipinski definition) is 1. The summed E-state index contributed by atoms with van der Waals surface area (Å²) in [5.41, 5.74) is 1.96. The quantitative estimate of drug-likeness (QED) is 0.706. The third-order valence-electron chi connectivity index (χ3n) is 4.77. The van der Waals surface area contributed by atoms with Crippen molar-refractivity contribution < 1.29 is 14.3 Å². The molecule has 1 aliphatic heterocycles. The van der Waals surface area contributed by atoms with Crippen LogP contribution in [0.3, 0.4) is 0 Å². The van der Waals surface area contributed by atoms with Crippen molar-refractivity contribution >= 4 is 22.6 Å². The number of hydrogen-bond acceptors (Lipinski definition) is 6. The van der Waals surface area contributed by atoms with Crippen molar-refractivity contribution in [3.63, 3.8) is 0 Å². The molecule has 0 saturated carbocycles. The lowest BCUT2D eigenvalue weighted by Gasteiger charge is -2.31. The molecule has 4 rings (SSSR count). The lowest BCUT2D eigenvalue weighted by molar-refractivity contribution is 0.0600. The molecule has 2 unspecified atom stereocenters. The van der Waals surface area contributed by atoms with E-state index in [1.165, 1.54) is 7.11 Å². The van der Waals surface area contributed by atoms with E-state index >= 15 is 0 Å². The van der Waals surface area contributed by atoms with E-state index in [1.54, 1.807) is 30.6 Å². The maximum absolute atomic E-state index is 11.9. The Balaban J connectivity index is 1.94. The van der Waals surface area contributed by atoms with Gasteiger partial charge in [0.2, 0.25) is 5.90 Å². The van der Waals surface area contributed by atoms with Gasteiger partial charge in [0, 0.05) is 34.6 Å². The van der Waals surface area contributed by atoms with Gasteiger partial charge in [-0.15, -0.1) is 0 Å². The van der Waals surface area contributed by atoms with Gasteiger partial charge in [0.15, 0.2) is 0 Å². The standard InChI is InChI=1S/C21H15N3O3/c1-26-21(25)13-4-2-3-12(9-13)18-16-6-5-14-11-24-8-7-15(14)19(16)27-20(23)17(18)10-22/h2-9,11,17-18,23H,1H3. The Labute approximate surface area is 155 Å². The summed E-state index contributed by atoms with van der Waals surface area (Å²) in [5.74, 6) is -1.21. The molecule has 0 radical (unpaired) electrons. The highest BCUT2D eigenvalue weighted by Gasteiger charge is 2.37. The third kappa shape index (κ3) is 2.70. The molecule has 0 saturated heterocycles. The second-order valence-corrected chi connectivity index (χ2v) is 6.25. The number of esters is 1. The summed E-state index contributed by atoms with van der Waals surface area (Å²) in [6.07, 6.45) is 3.39. The van der Waals surface area contributed by atoms with Crippen molar-refractivity contribution in [2.45, 2.75) is 5.92 Å². The number of ether oxygens (including phenoxy) is 2. The summed E-state index contributed by atoms with van der Waals surface area (Å²) in [6, 6.07) is 14.8. The van der Waals surface area contributed by atoms with Gasteiger partial charge in [-0.25, -0.2) is 4.79 Å². The molecule has 0 bridgehead atoms. The number of aromatic nitrogens is 1. The van der Waals surface area contributed by atoms with Crippen LogP contribution in [0.15, 0.2) is 54.9 Å². The number of nitrogens with one attached hydrogen (secondary N) is 1. The Morgan fingerprint density at radius 1 is 1.30 bits per heavy atom. The number of nitrogens with zero attached hydrogens (tertiary/aromatic N) is 2. The molecule has 0 aliphatic carbocycles. The summed E-state index contributed by atoms with van der Waals surface area (Å²) in [6.45, 7) is 0. The van der Waals surface area contributed by atoms with Crippen LogP contribution in [-0.2, 0) is 4.74 Å². The molecule has 132 valence electrons. The van der Waals surface area contributed by atoms with Gasteiger partial charge in [-0.1, -0.05) is 24.3 Å². The number of methoxy groups -OCH3 is 1. The molecule has 1 aliphatic rings. The van der Waals surface area contributed by atoms with Gasteiger partial charge >= 0.3 is 5.97 Å². The third-order valence-corrected chi connectivity index (χ3v) is 4.77. The summed E-state index contributed by atoms with van der Waals surface area (Å²) in [7, 11) is 1.33. The van der Waals surface area contributed by atoms with Crippen LogP contribution in [0.2, 0.25) is 0 Å². The molecule has 6 nitrogen and oxygen atoms in total. The van der Waals surface area contributed by atoms with Gasteiger partial charge in [0.25, 0.3) is 0 Å². The van der Waals surface area contributed by atoms with Crippen molar-refractivity contribution in [1.29, 1.82) is 10.7 Å². The summed E-state index contributed by atoms with van der Waals surface area (Å²) in [5, 5.41) is 19.7. The molecule has 2 heterocycles. The number of fused-ring (bicyclic) bond motifs is 3. The SMILES string of the molecule is COC(=O)c1cccc(C2c3ccc4cnccc4c3OC(=N)C2C#N)c1. The van der Waals surface area contributed by atoms with Crippen molar-refractivity contribution in [1.82, 2.24) is 4.98 Å². The first kappa shape index (κ1) is 16.7. The zero-order chi connectivity index (χ0) is 19.0. The fraction of sp³-hybridized carbons (Fsp3) is 0.143. The fourth-order valence-corrected chi connectivity index (χ4v) is 3.50. The number of nitriles is 1. The molecule has 1 N–H and O–H groups in total. The Bertz CT molecular complexity index is 1120. The molecule has 0 fully saturated rings. The lowest BCUT2D eigenvalue weighted by atomic mass is 9.78. The van der Waals surface area contributed by atoms with Crippen LogP contribution >= 0.6 is 0 Å². The fourth-order valence-electron chi connectivity index (χ4n) is 3.50. The zero-order valence-electron chi connectivity index (χ0n) is 14.5. The second-order valence-electron chi connectivity index (χ2n) is 6.25. The van der Waals surface area contributed by atoms with Crippen LogP contribution in [0, 0.1) is 22.7 Å². The van der Waals surface area contributed by atoms with Crippen molar-refractivity contribution in [2.75, 3.05) is 7.11 Å². The molecule has 0 amide bonds. The van der Waals surface area contributed by atoms with E-state index in [9.17, 15) is 10.1 Å². The first-order chi connectivity index (χ1) is 13.1. The van der Waals surface area contributed by atoms with Gasteiger partial charge in [-0.05, 0) is 23.8 Å². The van der Waals surface area contributed by atoms with Crippen LogP contribution < -0.4 is 4.74 Å². The largest absolute Gasteiger partial charge is 0.465 e. The van der Waals surface area contributed by atoms with Gasteiger partial charge < -0.3 is 9.47 Å². The van der Waals surface area contributed by atoms with Crippen LogP contribution in [0.4, 0.5) is 0 Å². The average Bonchev–Trinajstić information content (AvgIpc) is 2.72. The van der Waals surface area contributed by atoms with E-state index in [1.807, 2.05) is 24.3 Å². The van der Waals surface area contributed by atoms with Gasteiger partial charge in [-0.2, -0.15) is 5.26 Å². The van der Waals surface area contributed by atoms with Gasteiger partial charge in [0.1, 0.15) is 11.7 Å². The molecule has 2 atom stereocenters. The highest BCUT2D eigenvalue weighted by molar-refractivity contribution is 5.95. The molecule has 6 heteroatoms. The highest BCUT2D eigenvalue weighted by Crippen LogP contribution is 2.45. The Morgan fingerprint density at radius 3 is 2.93 bits per heavy atom. The minimum Gasteiger partial charge on any atom is -0.465 e. The van der Waals surface area contributed by atoms with Crippen LogP contribution in [0.1, 0.15) is 27.4 Å². The van der Waals surface area contributed by atoms with Crippen molar-refractivity contribution in [2.24, 2.45) is 5.92 Å². The number of carbonyl (C=O) groups excluding carboxylic acids is 1. The molecule has 27 heavy (non-hydrogen) atoms. The molecule has 0 spiro atoms. The Kier molecular flexibility index (Phi) is 4.05. The molecular formula is C21H15N3O3. The number of pyridine rings is 1. The minimum atomic E-state index is -0.787. The van der Waals surface area contributed by atoms with Gasteiger partial charge in [0.05, 0.1) is 18.7 Å². The van der Waals surface area contributed by atoms with E-state index in [-0.39, 0.29) is 5.90 Å². The smallest absolute Gasteiger partial charge is 0.337 e. The number of carbonyl (C=O) groups is 1. The van der Waals surface area contributed by atoms with E-state index in [4.69, 9.17) is 14.9 Å². The van der Waals surface area contributed by atoms with Crippen LogP contribution in [0.5, 0.6) is 5.75 Å². The van der Waals surface area contributed by atoms with E-state index in [0.717, 1.165) is 21.9 Å². The van der Waals surface area contributed by atoms with Crippen LogP contribution in [-0.4, -0.2) is 24.0 Å². The molecule has 3 aromatic rings. The van der Waals surface area contributed by atoms with E-state index in [0.29, 0.717) is 11.3 Å². The number of rotatable bonds is 2. The average molecular weight is 357 g/mol. The topological polar surface area (TPSA) is 96.1 Å². The molecular weight excluding hydrogens is 342 g/mol. The number of benzene rings is 2. The van der Waals surface area contributed by atoms with Gasteiger partial charge in [-0.3, -0.25) is 10.4 Å². The minimum absolute atomic E-state index is 0.109. The second kappa shape index (κ2) is 6.54. The first-order valence-electron chi connectivity index (χ1n) is 8.35. The summed E-state index contributed by atoms with van der Waals surface area (Å²) < 4.78 is 10.5. The molecule has 1 aromatic heterocycles. The summed E-state index contributed by atoms with van der Waals surface area (Å²) in [4.78, 5) is 16.0.